The van der Waals surface area contributed by atoms with Crippen LogP contribution in [-0.2, 0) is 0 Å². The molecule has 3 heterocycles. The molecule has 1 N–H and O–H groups in total. The average Bonchev–Trinajstić information content (AvgIpc) is 2.49. The lowest BCUT2D eigenvalue weighted by atomic mass is 10.0. The first-order valence-corrected chi connectivity index (χ1v) is 5.88. The normalized spacial score (nSPS) is 10.3. The third-order valence-electron chi connectivity index (χ3n) is 2.91. The predicted octanol–water partition coefficient (Wildman–Crippen LogP) is 2.50. The van der Waals surface area contributed by atoms with E-state index in [9.17, 15) is 4.79 Å². The molecule has 0 amide bonds. The zero-order valence-electron chi connectivity index (χ0n) is 10.1. The summed E-state index contributed by atoms with van der Waals surface area (Å²) in [4.78, 5) is 22.6. The van der Waals surface area contributed by atoms with E-state index in [1.165, 1.54) is 0 Å². The largest absolute Gasteiger partial charge is 0.328 e. The number of rotatable bonds is 2. The molecule has 0 aliphatic rings. The van der Waals surface area contributed by atoms with Gasteiger partial charge in [0.15, 0.2) is 0 Å². The van der Waals surface area contributed by atoms with Gasteiger partial charge in [-0.1, -0.05) is 0 Å². The van der Waals surface area contributed by atoms with Crippen molar-refractivity contribution < 1.29 is 0 Å². The Hall–Kier alpha value is -2.75. The third kappa shape index (κ3) is 2.28. The van der Waals surface area contributed by atoms with Gasteiger partial charge in [-0.3, -0.25) is 14.8 Å². The summed E-state index contributed by atoms with van der Waals surface area (Å²) in [7, 11) is 0. The van der Waals surface area contributed by atoms with Gasteiger partial charge in [0.2, 0.25) is 0 Å². The smallest absolute Gasteiger partial charge is 0.255 e. The molecule has 0 saturated carbocycles. The second-order valence-electron chi connectivity index (χ2n) is 4.10. The Labute approximate surface area is 109 Å². The van der Waals surface area contributed by atoms with Gasteiger partial charge in [-0.15, -0.1) is 0 Å². The van der Waals surface area contributed by atoms with E-state index in [2.05, 4.69) is 15.0 Å². The molecule has 0 radical (unpaired) electrons. The molecular formula is C15H11N3O. The van der Waals surface area contributed by atoms with Crippen LogP contribution in [0.3, 0.4) is 0 Å². The Bertz CT molecular complexity index is 736. The molecule has 3 rings (SSSR count). The van der Waals surface area contributed by atoms with Crippen LogP contribution in [0.4, 0.5) is 0 Å². The first-order valence-electron chi connectivity index (χ1n) is 5.88. The number of hydrogen-bond donors (Lipinski definition) is 1. The highest BCUT2D eigenvalue weighted by Crippen LogP contribution is 2.21. The molecule has 92 valence electrons. The summed E-state index contributed by atoms with van der Waals surface area (Å²) in [6.45, 7) is 0. The molecule has 0 bridgehead atoms. The molecule has 0 fully saturated rings. The predicted molar refractivity (Wildman–Crippen MR) is 73.5 cm³/mol. The van der Waals surface area contributed by atoms with Crippen molar-refractivity contribution in [2.75, 3.05) is 0 Å². The van der Waals surface area contributed by atoms with Crippen LogP contribution >= 0.6 is 0 Å². The lowest BCUT2D eigenvalue weighted by Gasteiger charge is -2.04. The number of pyridine rings is 3. The van der Waals surface area contributed by atoms with E-state index >= 15 is 0 Å². The number of nitrogens with one attached hydrogen (secondary N) is 1. The zero-order valence-corrected chi connectivity index (χ0v) is 10.1. The Morgan fingerprint density at radius 1 is 0.789 bits per heavy atom. The van der Waals surface area contributed by atoms with Gasteiger partial charge in [-0.25, -0.2) is 0 Å². The quantitative estimate of drug-likeness (QED) is 0.759. The van der Waals surface area contributed by atoms with Crippen molar-refractivity contribution in [2.45, 2.75) is 0 Å². The van der Waals surface area contributed by atoms with Crippen molar-refractivity contribution in [3.8, 4) is 22.3 Å². The summed E-state index contributed by atoms with van der Waals surface area (Å²) in [5.74, 6) is 0. The summed E-state index contributed by atoms with van der Waals surface area (Å²) in [6, 6.07) is 9.33. The van der Waals surface area contributed by atoms with E-state index in [1.807, 2.05) is 30.3 Å². The summed E-state index contributed by atoms with van der Waals surface area (Å²) in [6.07, 6.45) is 8.52. The molecule has 3 aromatic heterocycles. The Balaban J connectivity index is 2.15. The van der Waals surface area contributed by atoms with Crippen molar-refractivity contribution in [2.24, 2.45) is 0 Å². The van der Waals surface area contributed by atoms with E-state index in [4.69, 9.17) is 0 Å². The van der Waals surface area contributed by atoms with Crippen LogP contribution in [0.5, 0.6) is 0 Å². The van der Waals surface area contributed by atoms with Gasteiger partial charge in [0, 0.05) is 36.5 Å². The fourth-order valence-corrected chi connectivity index (χ4v) is 1.94. The van der Waals surface area contributed by atoms with E-state index in [0.717, 1.165) is 16.7 Å². The Kier molecular flexibility index (Phi) is 2.90. The van der Waals surface area contributed by atoms with Gasteiger partial charge < -0.3 is 4.98 Å². The fourth-order valence-electron chi connectivity index (χ4n) is 1.94. The van der Waals surface area contributed by atoms with Gasteiger partial charge in [0.25, 0.3) is 5.56 Å². The molecule has 0 saturated heterocycles. The maximum Gasteiger partial charge on any atom is 0.255 e. The van der Waals surface area contributed by atoms with Crippen molar-refractivity contribution >= 4 is 0 Å². The minimum atomic E-state index is -0.107. The van der Waals surface area contributed by atoms with Crippen molar-refractivity contribution in [1.29, 1.82) is 0 Å². The van der Waals surface area contributed by atoms with Crippen LogP contribution in [0.25, 0.3) is 22.3 Å². The fraction of sp³-hybridized carbons (Fsp3) is 0. The molecule has 0 spiro atoms. The van der Waals surface area contributed by atoms with Gasteiger partial charge in [-0.2, -0.15) is 0 Å². The topological polar surface area (TPSA) is 58.6 Å². The summed E-state index contributed by atoms with van der Waals surface area (Å²) < 4.78 is 0. The average molecular weight is 249 g/mol. The van der Waals surface area contributed by atoms with Crippen molar-refractivity contribution in [3.63, 3.8) is 0 Å². The number of nitrogens with zero attached hydrogens (tertiary/aromatic N) is 2. The lowest BCUT2D eigenvalue weighted by Crippen LogP contribution is -2.08. The highest BCUT2D eigenvalue weighted by atomic mass is 16.1. The molecule has 0 unspecified atom stereocenters. The summed E-state index contributed by atoms with van der Waals surface area (Å²) in [5, 5.41) is 0. The van der Waals surface area contributed by atoms with Gasteiger partial charge in [-0.05, 0) is 47.0 Å². The third-order valence-corrected chi connectivity index (χ3v) is 2.91. The van der Waals surface area contributed by atoms with Crippen LogP contribution in [0.15, 0.2) is 66.1 Å². The van der Waals surface area contributed by atoms with Gasteiger partial charge >= 0.3 is 0 Å². The van der Waals surface area contributed by atoms with E-state index in [1.54, 1.807) is 31.0 Å². The zero-order chi connectivity index (χ0) is 13.1. The molecule has 0 aliphatic carbocycles. The molecule has 4 nitrogen and oxygen atoms in total. The SMILES string of the molecule is O=c1[nH]cc(-c2ccncc2)cc1-c1ccncc1. The van der Waals surface area contributed by atoms with Crippen LogP contribution in [0, 0.1) is 0 Å². The number of H-pyrrole nitrogens is 1. The Morgan fingerprint density at radius 2 is 1.37 bits per heavy atom. The maximum absolute atomic E-state index is 11.9. The highest BCUT2D eigenvalue weighted by molar-refractivity contribution is 5.71. The molecule has 0 aliphatic heterocycles. The Morgan fingerprint density at radius 3 is 2.00 bits per heavy atom. The van der Waals surface area contributed by atoms with E-state index in [0.29, 0.717) is 5.56 Å². The summed E-state index contributed by atoms with van der Waals surface area (Å²) in [5.41, 5.74) is 3.35. The first-order chi connectivity index (χ1) is 9.34. The minimum absolute atomic E-state index is 0.107. The second kappa shape index (κ2) is 4.86. The maximum atomic E-state index is 11.9. The van der Waals surface area contributed by atoms with Crippen molar-refractivity contribution in [3.05, 3.63) is 71.7 Å². The molecule has 0 aromatic carbocycles. The number of hydrogen-bond acceptors (Lipinski definition) is 3. The molecule has 3 aromatic rings. The van der Waals surface area contributed by atoms with Crippen LogP contribution in [0.2, 0.25) is 0 Å². The van der Waals surface area contributed by atoms with Crippen molar-refractivity contribution in [1.82, 2.24) is 15.0 Å². The van der Waals surface area contributed by atoms with E-state index < -0.39 is 0 Å². The molecule has 0 atom stereocenters. The van der Waals surface area contributed by atoms with Gasteiger partial charge in [0.05, 0.1) is 0 Å². The van der Waals surface area contributed by atoms with Crippen LogP contribution < -0.4 is 5.56 Å². The monoisotopic (exact) mass is 249 g/mol. The first kappa shape index (κ1) is 11.3. The highest BCUT2D eigenvalue weighted by Gasteiger charge is 2.05. The minimum Gasteiger partial charge on any atom is -0.328 e. The van der Waals surface area contributed by atoms with E-state index in [-0.39, 0.29) is 5.56 Å². The number of aromatic amines is 1. The summed E-state index contributed by atoms with van der Waals surface area (Å²) >= 11 is 0. The lowest BCUT2D eigenvalue weighted by molar-refractivity contribution is 1.23. The standard InChI is InChI=1S/C15H11N3O/c19-15-14(12-3-7-17-8-4-12)9-13(10-18-15)11-1-5-16-6-2-11/h1-10H,(H,18,19). The second-order valence-corrected chi connectivity index (χ2v) is 4.10. The van der Waals surface area contributed by atoms with Crippen LogP contribution in [-0.4, -0.2) is 15.0 Å². The number of aromatic nitrogens is 3. The van der Waals surface area contributed by atoms with Crippen LogP contribution in [0.1, 0.15) is 0 Å². The van der Waals surface area contributed by atoms with Gasteiger partial charge in [0.1, 0.15) is 0 Å². The molecular weight excluding hydrogens is 238 g/mol. The molecule has 4 heteroatoms. The molecule has 19 heavy (non-hydrogen) atoms.